The van der Waals surface area contributed by atoms with Gasteiger partial charge in [-0.05, 0) is 42.0 Å². The van der Waals surface area contributed by atoms with Crippen molar-refractivity contribution in [1.82, 2.24) is 19.3 Å². The summed E-state index contributed by atoms with van der Waals surface area (Å²) in [5.41, 5.74) is 4.72. The van der Waals surface area contributed by atoms with Crippen LogP contribution in [0.3, 0.4) is 0 Å². The second-order valence-electron chi connectivity index (χ2n) is 8.70. The molecule has 9 heteroatoms. The minimum atomic E-state index is -0.265. The van der Waals surface area contributed by atoms with Crippen LogP contribution in [-0.4, -0.2) is 37.8 Å². The molecule has 1 saturated carbocycles. The number of imidazole rings is 1. The van der Waals surface area contributed by atoms with Crippen molar-refractivity contribution in [3.05, 3.63) is 64.3 Å². The summed E-state index contributed by atoms with van der Waals surface area (Å²) in [6.45, 7) is 1.43. The molecule has 5 heterocycles. The average molecular weight is 462 g/mol. The van der Waals surface area contributed by atoms with Gasteiger partial charge in [0.1, 0.15) is 17.9 Å². The molecular weight excluding hydrogens is 441 g/mol. The lowest BCUT2D eigenvalue weighted by atomic mass is 10.0. The number of rotatable bonds is 4. The monoisotopic (exact) mass is 461 g/mol. The molecule has 7 rings (SSSR count). The van der Waals surface area contributed by atoms with E-state index in [1.807, 2.05) is 9.30 Å². The Balaban J connectivity index is 1.33. The molecule has 33 heavy (non-hydrogen) atoms. The van der Waals surface area contributed by atoms with Gasteiger partial charge in [-0.1, -0.05) is 0 Å². The highest BCUT2D eigenvalue weighted by molar-refractivity contribution is 7.13. The maximum absolute atomic E-state index is 14.6. The van der Waals surface area contributed by atoms with Crippen LogP contribution in [0, 0.1) is 5.82 Å². The predicted octanol–water partition coefficient (Wildman–Crippen LogP) is 4.26. The normalized spacial score (nSPS) is 16.9. The first-order valence-corrected chi connectivity index (χ1v) is 12.0. The van der Waals surface area contributed by atoms with Crippen LogP contribution in [-0.2, 0) is 19.5 Å². The Hall–Kier alpha value is -3.46. The molecule has 7 nitrogen and oxygen atoms in total. The summed E-state index contributed by atoms with van der Waals surface area (Å²) < 4.78 is 22.0. The number of carbonyl (C=O) groups is 1. The molecule has 1 N–H and O–H groups in total. The molecule has 1 aliphatic carbocycles. The summed E-state index contributed by atoms with van der Waals surface area (Å²) >= 11 is 1.65. The Morgan fingerprint density at radius 1 is 1.24 bits per heavy atom. The Kier molecular flexibility index (Phi) is 4.05. The largest absolute Gasteiger partial charge is 0.493 e. The average Bonchev–Trinajstić information content (AvgIpc) is 3.21. The second kappa shape index (κ2) is 7.02. The number of nitrogens with one attached hydrogen (secondary N) is 1. The number of aromatic nitrogens is 3. The van der Waals surface area contributed by atoms with Gasteiger partial charge in [-0.2, -0.15) is 0 Å². The van der Waals surface area contributed by atoms with Gasteiger partial charge in [0, 0.05) is 53.3 Å². The molecule has 0 spiro atoms. The van der Waals surface area contributed by atoms with Crippen molar-refractivity contribution in [2.24, 2.45) is 0 Å². The standard InChI is InChI=1S/C24H20FN5O2S/c25-18-3-4-19-15(5-7-32-19)16(18)9-26-24-27-10-17-21-20(28-12-30(21)24)23(31)29(14-1-2-14)11-13-6-8-33-22(13)17/h3-4,6,8,10,12,14H,1-2,5,7,9,11H2,(H,26,27). The van der Waals surface area contributed by atoms with Crippen molar-refractivity contribution in [3.8, 4) is 16.2 Å². The van der Waals surface area contributed by atoms with Crippen LogP contribution in [0.5, 0.6) is 5.75 Å². The molecule has 1 aromatic carbocycles. The third-order valence-electron chi connectivity index (χ3n) is 6.71. The number of hydrogen-bond donors (Lipinski definition) is 1. The number of benzene rings is 1. The van der Waals surface area contributed by atoms with Crippen LogP contribution >= 0.6 is 11.3 Å². The number of carbonyl (C=O) groups excluding carboxylic acids is 1. The molecule has 166 valence electrons. The van der Waals surface area contributed by atoms with E-state index in [9.17, 15) is 9.18 Å². The van der Waals surface area contributed by atoms with Crippen LogP contribution in [0.4, 0.5) is 10.3 Å². The van der Waals surface area contributed by atoms with Gasteiger partial charge in [0.05, 0.1) is 12.1 Å². The van der Waals surface area contributed by atoms with E-state index >= 15 is 0 Å². The quantitative estimate of drug-likeness (QED) is 0.492. The van der Waals surface area contributed by atoms with Gasteiger partial charge in [-0.15, -0.1) is 11.3 Å². The zero-order chi connectivity index (χ0) is 22.1. The number of anilines is 1. The van der Waals surface area contributed by atoms with E-state index in [1.165, 1.54) is 6.07 Å². The summed E-state index contributed by atoms with van der Waals surface area (Å²) in [5, 5.41) is 5.33. The molecule has 0 atom stereocenters. The van der Waals surface area contributed by atoms with Crippen molar-refractivity contribution >= 4 is 28.7 Å². The number of hydrogen-bond acceptors (Lipinski definition) is 6. The van der Waals surface area contributed by atoms with Crippen LogP contribution in [0.1, 0.15) is 40.0 Å². The first-order chi connectivity index (χ1) is 16.2. The Labute approximate surface area is 192 Å². The number of amides is 1. The lowest BCUT2D eigenvalue weighted by Gasteiger charge is -2.24. The molecule has 4 aromatic rings. The molecule has 0 radical (unpaired) electrons. The fourth-order valence-corrected chi connectivity index (χ4v) is 5.84. The van der Waals surface area contributed by atoms with Crippen LogP contribution in [0.15, 0.2) is 36.1 Å². The van der Waals surface area contributed by atoms with Crippen LogP contribution in [0.2, 0.25) is 0 Å². The van der Waals surface area contributed by atoms with Gasteiger partial charge in [-0.3, -0.25) is 9.20 Å². The number of thiophene rings is 1. The Bertz CT molecular complexity index is 1440. The lowest BCUT2D eigenvalue weighted by Crippen LogP contribution is -2.33. The number of ether oxygens (including phenoxy) is 1. The first kappa shape index (κ1) is 19.0. The van der Waals surface area contributed by atoms with E-state index in [1.54, 1.807) is 29.9 Å². The zero-order valence-corrected chi connectivity index (χ0v) is 18.5. The molecule has 0 unspecified atom stereocenters. The van der Waals surface area contributed by atoms with Crippen molar-refractivity contribution in [2.45, 2.75) is 38.4 Å². The number of nitrogens with zero attached hydrogens (tertiary/aromatic N) is 4. The molecule has 3 aliphatic rings. The minimum Gasteiger partial charge on any atom is -0.493 e. The summed E-state index contributed by atoms with van der Waals surface area (Å²) in [6.07, 6.45) is 6.20. The van der Waals surface area contributed by atoms with E-state index < -0.39 is 0 Å². The Morgan fingerprint density at radius 3 is 3.03 bits per heavy atom. The van der Waals surface area contributed by atoms with Gasteiger partial charge in [-0.25, -0.2) is 14.4 Å². The van der Waals surface area contributed by atoms with Gasteiger partial charge >= 0.3 is 0 Å². The maximum Gasteiger partial charge on any atom is 0.275 e. The summed E-state index contributed by atoms with van der Waals surface area (Å²) in [6, 6.07) is 5.50. The lowest BCUT2D eigenvalue weighted by molar-refractivity contribution is 0.0726. The molecule has 1 amide bonds. The summed E-state index contributed by atoms with van der Waals surface area (Å²) in [5.74, 6) is 0.954. The molecule has 3 aromatic heterocycles. The highest BCUT2D eigenvalue weighted by Crippen LogP contribution is 2.40. The minimum absolute atomic E-state index is 0.0423. The fraction of sp³-hybridized carbons (Fsp3) is 0.292. The van der Waals surface area contributed by atoms with Gasteiger partial charge < -0.3 is 15.0 Å². The molecule has 1 fully saturated rings. The second-order valence-corrected chi connectivity index (χ2v) is 9.62. The third-order valence-corrected chi connectivity index (χ3v) is 7.70. The fourth-order valence-electron chi connectivity index (χ4n) is 4.91. The summed E-state index contributed by atoms with van der Waals surface area (Å²) in [4.78, 5) is 25.7. The van der Waals surface area contributed by atoms with E-state index in [4.69, 9.17) is 4.74 Å². The number of fused-ring (bicyclic) bond motifs is 3. The highest BCUT2D eigenvalue weighted by atomic mass is 32.1. The number of halogens is 1. The van der Waals surface area contributed by atoms with Gasteiger partial charge in [0.25, 0.3) is 5.91 Å². The summed E-state index contributed by atoms with van der Waals surface area (Å²) in [7, 11) is 0. The molecule has 2 aliphatic heterocycles. The van der Waals surface area contributed by atoms with E-state index in [0.29, 0.717) is 36.8 Å². The van der Waals surface area contributed by atoms with Crippen LogP contribution in [0.25, 0.3) is 16.0 Å². The van der Waals surface area contributed by atoms with Crippen molar-refractivity contribution in [3.63, 3.8) is 0 Å². The molecule has 0 saturated heterocycles. The predicted molar refractivity (Wildman–Crippen MR) is 122 cm³/mol. The van der Waals surface area contributed by atoms with Gasteiger partial charge in [0.15, 0.2) is 5.69 Å². The topological polar surface area (TPSA) is 71.8 Å². The highest BCUT2D eigenvalue weighted by Gasteiger charge is 2.37. The third kappa shape index (κ3) is 2.88. The zero-order valence-electron chi connectivity index (χ0n) is 17.7. The molecular formula is C24H20FN5O2S. The SMILES string of the molecule is O=C1c2ncn3c(NCc4c(F)ccc5c4CCO5)ncc(c23)-c2sccc2CN1C1CC1. The maximum atomic E-state index is 14.6. The van der Waals surface area contributed by atoms with Crippen molar-refractivity contribution in [2.75, 3.05) is 11.9 Å². The first-order valence-electron chi connectivity index (χ1n) is 11.1. The van der Waals surface area contributed by atoms with Crippen molar-refractivity contribution < 1.29 is 13.9 Å². The van der Waals surface area contributed by atoms with Gasteiger partial charge in [0.2, 0.25) is 5.95 Å². The Morgan fingerprint density at radius 2 is 2.15 bits per heavy atom. The van der Waals surface area contributed by atoms with E-state index in [-0.39, 0.29) is 24.3 Å². The van der Waals surface area contributed by atoms with Crippen LogP contribution < -0.4 is 10.1 Å². The molecule has 0 bridgehead atoms. The van der Waals surface area contributed by atoms with Crippen molar-refractivity contribution in [1.29, 1.82) is 0 Å². The van der Waals surface area contributed by atoms with E-state index in [2.05, 4.69) is 26.7 Å². The van der Waals surface area contributed by atoms with E-state index in [0.717, 1.165) is 45.7 Å². The smallest absolute Gasteiger partial charge is 0.275 e.